The van der Waals surface area contributed by atoms with E-state index in [1.54, 1.807) is 66.7 Å². The molecule has 0 unspecified atom stereocenters. The van der Waals surface area contributed by atoms with E-state index in [9.17, 15) is 9.59 Å². The molecule has 172 valence electrons. The van der Waals surface area contributed by atoms with Crippen LogP contribution in [0, 0.1) is 3.57 Å². The molecule has 35 heavy (non-hydrogen) atoms. The molecule has 0 N–H and O–H groups in total. The third-order valence-electron chi connectivity index (χ3n) is 5.16. The molecule has 5 rings (SSSR count). The molecule has 0 aliphatic carbocycles. The normalized spacial score (nSPS) is 10.7. The number of fused-ring (bicyclic) bond motifs is 2. The third-order valence-corrected chi connectivity index (χ3v) is 6.06. The van der Waals surface area contributed by atoms with Gasteiger partial charge >= 0.3 is 12.3 Å². The van der Waals surface area contributed by atoms with Gasteiger partial charge in [0.2, 0.25) is 0 Å². The highest BCUT2D eigenvalue weighted by molar-refractivity contribution is 14.1. The van der Waals surface area contributed by atoms with Gasteiger partial charge in [0.05, 0.1) is 0 Å². The lowest BCUT2D eigenvalue weighted by molar-refractivity contribution is 0.151. The average molecular weight is 576 g/mol. The Balaban J connectivity index is 1.58. The molecule has 7 heteroatoms. The summed E-state index contributed by atoms with van der Waals surface area (Å²) in [6.07, 6.45) is -1.75. The van der Waals surface area contributed by atoms with E-state index >= 15 is 0 Å². The summed E-state index contributed by atoms with van der Waals surface area (Å²) >= 11 is 2.15. The van der Waals surface area contributed by atoms with E-state index in [4.69, 9.17) is 18.9 Å². The van der Waals surface area contributed by atoms with Gasteiger partial charge in [-0.1, -0.05) is 72.8 Å². The third kappa shape index (κ3) is 4.90. The maximum atomic E-state index is 12.7. The van der Waals surface area contributed by atoms with Gasteiger partial charge in [-0.15, -0.1) is 0 Å². The molecular formula is C28H17IO6. The van der Waals surface area contributed by atoms with Crippen LogP contribution in [-0.2, 0) is 0 Å². The zero-order valence-electron chi connectivity index (χ0n) is 18.1. The van der Waals surface area contributed by atoms with Crippen LogP contribution >= 0.6 is 22.6 Å². The fraction of sp³-hybridized carbons (Fsp3) is 0. The van der Waals surface area contributed by atoms with Gasteiger partial charge in [0.25, 0.3) is 0 Å². The largest absolute Gasteiger partial charge is 0.519 e. The van der Waals surface area contributed by atoms with Crippen LogP contribution < -0.4 is 18.9 Å². The topological polar surface area (TPSA) is 71.1 Å². The van der Waals surface area contributed by atoms with Crippen LogP contribution in [0.15, 0.2) is 103 Å². The SMILES string of the molecule is O=C(Oc1ccccc1)Oc1c2ccccc2c(OC(=O)Oc2ccccc2)c2c(I)cccc12. The molecule has 0 amide bonds. The van der Waals surface area contributed by atoms with Gasteiger partial charge in [0.1, 0.15) is 11.5 Å². The lowest BCUT2D eigenvalue weighted by atomic mass is 10.0. The molecule has 5 aromatic rings. The zero-order chi connectivity index (χ0) is 24.2. The smallest absolute Gasteiger partial charge is 0.395 e. The Kier molecular flexibility index (Phi) is 6.49. The van der Waals surface area contributed by atoms with Gasteiger partial charge < -0.3 is 18.9 Å². The summed E-state index contributed by atoms with van der Waals surface area (Å²) in [5, 5.41) is 2.36. The summed E-state index contributed by atoms with van der Waals surface area (Å²) in [7, 11) is 0. The van der Waals surface area contributed by atoms with E-state index in [0.29, 0.717) is 44.5 Å². The molecule has 0 radical (unpaired) electrons. The molecule has 0 bridgehead atoms. The number of benzene rings is 5. The molecule has 5 aromatic carbocycles. The fourth-order valence-corrected chi connectivity index (χ4v) is 4.44. The number of ether oxygens (including phenoxy) is 4. The summed E-state index contributed by atoms with van der Waals surface area (Å²) in [4.78, 5) is 25.4. The summed E-state index contributed by atoms with van der Waals surface area (Å²) in [5.74, 6) is 1.35. The summed E-state index contributed by atoms with van der Waals surface area (Å²) in [6, 6.07) is 30.0. The van der Waals surface area contributed by atoms with E-state index in [1.807, 2.05) is 36.4 Å². The lowest BCUT2D eigenvalue weighted by Gasteiger charge is -2.17. The first-order chi connectivity index (χ1) is 17.1. The highest BCUT2D eigenvalue weighted by Gasteiger charge is 2.23. The van der Waals surface area contributed by atoms with Crippen LogP contribution in [0.25, 0.3) is 21.5 Å². The molecular weight excluding hydrogens is 559 g/mol. The van der Waals surface area contributed by atoms with Crippen molar-refractivity contribution in [2.75, 3.05) is 0 Å². The van der Waals surface area contributed by atoms with Crippen LogP contribution in [0.3, 0.4) is 0 Å². The molecule has 6 nitrogen and oxygen atoms in total. The number of rotatable bonds is 4. The average Bonchev–Trinajstić information content (AvgIpc) is 2.87. The number of carbonyl (C=O) groups is 2. The second kappa shape index (κ2) is 10.0. The maximum Gasteiger partial charge on any atom is 0.519 e. The van der Waals surface area contributed by atoms with Crippen LogP contribution in [0.4, 0.5) is 9.59 Å². The van der Waals surface area contributed by atoms with Crippen molar-refractivity contribution in [3.05, 3.63) is 107 Å². The van der Waals surface area contributed by atoms with Gasteiger partial charge in [-0.2, -0.15) is 0 Å². The number of halogens is 1. The van der Waals surface area contributed by atoms with E-state index in [1.165, 1.54) is 0 Å². The minimum absolute atomic E-state index is 0.304. The predicted octanol–water partition coefficient (Wildman–Crippen LogP) is 7.75. The molecule has 0 aromatic heterocycles. The van der Waals surface area contributed by atoms with Crippen molar-refractivity contribution in [1.29, 1.82) is 0 Å². The molecule has 0 heterocycles. The van der Waals surface area contributed by atoms with Crippen molar-refractivity contribution < 1.29 is 28.5 Å². The van der Waals surface area contributed by atoms with Crippen molar-refractivity contribution in [2.24, 2.45) is 0 Å². The first-order valence-electron chi connectivity index (χ1n) is 10.6. The molecule has 0 aliphatic heterocycles. The van der Waals surface area contributed by atoms with E-state index in [0.717, 1.165) is 3.57 Å². The predicted molar refractivity (Wildman–Crippen MR) is 140 cm³/mol. The molecule has 0 atom stereocenters. The summed E-state index contributed by atoms with van der Waals surface area (Å²) < 4.78 is 23.0. The Morgan fingerprint density at radius 3 is 1.51 bits per heavy atom. The van der Waals surface area contributed by atoms with E-state index in [-0.39, 0.29) is 0 Å². The molecule has 0 aliphatic rings. The minimum atomic E-state index is -0.876. The fourth-order valence-electron chi connectivity index (χ4n) is 3.70. The van der Waals surface area contributed by atoms with Crippen LogP contribution in [0.2, 0.25) is 0 Å². The van der Waals surface area contributed by atoms with Crippen LogP contribution in [0.5, 0.6) is 23.0 Å². The van der Waals surface area contributed by atoms with Crippen molar-refractivity contribution in [3.8, 4) is 23.0 Å². The number of carbonyl (C=O) groups excluding carboxylic acids is 2. The Morgan fingerprint density at radius 2 is 0.943 bits per heavy atom. The zero-order valence-corrected chi connectivity index (χ0v) is 20.3. The van der Waals surface area contributed by atoms with Gasteiger partial charge in [0.15, 0.2) is 11.5 Å². The number of para-hydroxylation sites is 2. The van der Waals surface area contributed by atoms with Crippen molar-refractivity contribution in [3.63, 3.8) is 0 Å². The molecule has 0 fully saturated rings. The maximum absolute atomic E-state index is 12.7. The molecule has 0 spiro atoms. The van der Waals surface area contributed by atoms with Crippen molar-refractivity contribution in [1.82, 2.24) is 0 Å². The molecule has 0 saturated carbocycles. The quantitative estimate of drug-likeness (QED) is 0.0943. The Bertz CT molecular complexity index is 1530. The first-order valence-corrected chi connectivity index (χ1v) is 11.7. The Hall–Kier alpha value is -4.11. The van der Waals surface area contributed by atoms with Crippen molar-refractivity contribution >= 4 is 56.4 Å². The van der Waals surface area contributed by atoms with Gasteiger partial charge in [0, 0.05) is 25.1 Å². The summed E-state index contributed by atoms with van der Waals surface area (Å²) in [5.41, 5.74) is 0. The highest BCUT2D eigenvalue weighted by atomic mass is 127. The van der Waals surface area contributed by atoms with Gasteiger partial charge in [-0.05, 0) is 52.9 Å². The standard InChI is InChI=1S/C28H17IO6/c29-23-17-9-16-22-24(23)26(35-28(31)33-19-12-5-2-6-13-19)21-15-8-7-14-20(21)25(22)34-27(30)32-18-10-3-1-4-11-18/h1-17H. The monoisotopic (exact) mass is 576 g/mol. The lowest BCUT2D eigenvalue weighted by Crippen LogP contribution is -2.16. The van der Waals surface area contributed by atoms with E-state index in [2.05, 4.69) is 22.6 Å². The highest BCUT2D eigenvalue weighted by Crippen LogP contribution is 2.44. The first kappa shape index (κ1) is 22.7. The Labute approximate surface area is 214 Å². The second-order valence-electron chi connectivity index (χ2n) is 7.40. The number of hydrogen-bond acceptors (Lipinski definition) is 6. The van der Waals surface area contributed by atoms with Gasteiger partial charge in [-0.3, -0.25) is 0 Å². The Morgan fingerprint density at radius 1 is 0.486 bits per heavy atom. The second-order valence-corrected chi connectivity index (χ2v) is 8.56. The molecule has 0 saturated heterocycles. The van der Waals surface area contributed by atoms with E-state index < -0.39 is 12.3 Å². The van der Waals surface area contributed by atoms with Crippen LogP contribution in [-0.4, -0.2) is 12.3 Å². The summed E-state index contributed by atoms with van der Waals surface area (Å²) in [6.45, 7) is 0. The van der Waals surface area contributed by atoms with Crippen LogP contribution in [0.1, 0.15) is 0 Å². The van der Waals surface area contributed by atoms with Gasteiger partial charge in [-0.25, -0.2) is 9.59 Å². The minimum Gasteiger partial charge on any atom is -0.395 e. The number of hydrogen-bond donors (Lipinski definition) is 0. The van der Waals surface area contributed by atoms with Crippen molar-refractivity contribution in [2.45, 2.75) is 0 Å².